The normalized spacial score (nSPS) is 14.9. The fraction of sp³-hybridized carbons (Fsp3) is 0.421. The summed E-state index contributed by atoms with van der Waals surface area (Å²) in [4.78, 5) is 41.0. The fourth-order valence-electron chi connectivity index (χ4n) is 2.94. The van der Waals surface area contributed by atoms with E-state index < -0.39 is 0 Å². The number of carbonyl (C=O) groups excluding carboxylic acids is 3. The Morgan fingerprint density at radius 2 is 1.89 bits per heavy atom. The zero-order chi connectivity index (χ0) is 20.1. The minimum Gasteiger partial charge on any atom is -0.459 e. The SMILES string of the molecule is CC(C)NC(=O)CN1CCN(C(=O)c2ccc(NC(=O)c3ccco3)s2)CC1. The summed E-state index contributed by atoms with van der Waals surface area (Å²) in [6, 6.07) is 6.77. The Bertz CT molecular complexity index is 823. The average molecular weight is 404 g/mol. The van der Waals surface area contributed by atoms with Crippen LogP contribution in [0.25, 0.3) is 0 Å². The summed E-state index contributed by atoms with van der Waals surface area (Å²) in [6.07, 6.45) is 1.43. The van der Waals surface area contributed by atoms with Crippen LogP contribution in [0, 0.1) is 0 Å². The van der Waals surface area contributed by atoms with E-state index in [4.69, 9.17) is 4.42 Å². The molecule has 0 spiro atoms. The van der Waals surface area contributed by atoms with Gasteiger partial charge in [-0.05, 0) is 38.1 Å². The second kappa shape index (κ2) is 9.03. The van der Waals surface area contributed by atoms with Gasteiger partial charge in [0.1, 0.15) is 0 Å². The number of hydrogen-bond acceptors (Lipinski definition) is 6. The topological polar surface area (TPSA) is 94.9 Å². The number of anilines is 1. The number of furan rings is 1. The maximum absolute atomic E-state index is 12.7. The quantitative estimate of drug-likeness (QED) is 0.767. The van der Waals surface area contributed by atoms with Crippen molar-refractivity contribution in [2.45, 2.75) is 19.9 Å². The van der Waals surface area contributed by atoms with Crippen LogP contribution in [-0.2, 0) is 4.79 Å². The Kier molecular flexibility index (Phi) is 6.48. The first-order chi connectivity index (χ1) is 13.4. The van der Waals surface area contributed by atoms with Crippen molar-refractivity contribution in [3.05, 3.63) is 41.2 Å². The van der Waals surface area contributed by atoms with E-state index in [0.29, 0.717) is 42.6 Å². The second-order valence-corrected chi connectivity index (χ2v) is 7.97. The number of amides is 3. The van der Waals surface area contributed by atoms with E-state index in [9.17, 15) is 14.4 Å². The van der Waals surface area contributed by atoms with Crippen LogP contribution >= 0.6 is 11.3 Å². The molecule has 0 radical (unpaired) electrons. The summed E-state index contributed by atoms with van der Waals surface area (Å²) in [5.41, 5.74) is 0. The highest BCUT2D eigenvalue weighted by molar-refractivity contribution is 7.18. The third-order valence-electron chi connectivity index (χ3n) is 4.27. The third-order valence-corrected chi connectivity index (χ3v) is 5.26. The van der Waals surface area contributed by atoms with Crippen molar-refractivity contribution < 1.29 is 18.8 Å². The van der Waals surface area contributed by atoms with E-state index >= 15 is 0 Å². The lowest BCUT2D eigenvalue weighted by Crippen LogP contribution is -2.51. The van der Waals surface area contributed by atoms with Crippen molar-refractivity contribution in [2.24, 2.45) is 0 Å². The summed E-state index contributed by atoms with van der Waals surface area (Å²) in [5, 5.41) is 6.20. The zero-order valence-corrected chi connectivity index (χ0v) is 16.8. The molecule has 0 atom stereocenters. The molecule has 1 aliphatic heterocycles. The number of hydrogen-bond donors (Lipinski definition) is 2. The van der Waals surface area contributed by atoms with Gasteiger partial charge in [-0.1, -0.05) is 0 Å². The first-order valence-electron chi connectivity index (χ1n) is 9.18. The van der Waals surface area contributed by atoms with E-state index in [2.05, 4.69) is 10.6 Å². The Morgan fingerprint density at radius 3 is 2.54 bits per heavy atom. The van der Waals surface area contributed by atoms with Crippen LogP contribution in [0.3, 0.4) is 0 Å². The number of rotatable bonds is 6. The van der Waals surface area contributed by atoms with Crippen molar-refractivity contribution in [1.29, 1.82) is 0 Å². The van der Waals surface area contributed by atoms with Crippen molar-refractivity contribution in [2.75, 3.05) is 38.0 Å². The van der Waals surface area contributed by atoms with E-state index in [1.54, 1.807) is 29.2 Å². The summed E-state index contributed by atoms with van der Waals surface area (Å²) in [6.45, 7) is 6.67. The van der Waals surface area contributed by atoms with Crippen molar-refractivity contribution >= 4 is 34.1 Å². The van der Waals surface area contributed by atoms with Gasteiger partial charge in [0.25, 0.3) is 11.8 Å². The van der Waals surface area contributed by atoms with Gasteiger partial charge in [0.05, 0.1) is 22.7 Å². The summed E-state index contributed by atoms with van der Waals surface area (Å²) in [7, 11) is 0. The van der Waals surface area contributed by atoms with Gasteiger partial charge < -0.3 is 20.0 Å². The van der Waals surface area contributed by atoms with Crippen LogP contribution < -0.4 is 10.6 Å². The van der Waals surface area contributed by atoms with Crippen LogP contribution in [0.2, 0.25) is 0 Å². The number of nitrogens with one attached hydrogen (secondary N) is 2. The molecule has 1 fully saturated rings. The highest BCUT2D eigenvalue weighted by atomic mass is 32.1. The van der Waals surface area contributed by atoms with Crippen LogP contribution in [0.4, 0.5) is 5.00 Å². The average Bonchev–Trinajstić information content (AvgIpc) is 3.33. The van der Waals surface area contributed by atoms with Gasteiger partial charge in [-0.3, -0.25) is 19.3 Å². The molecule has 0 aliphatic carbocycles. The molecule has 3 rings (SSSR count). The Morgan fingerprint density at radius 1 is 1.14 bits per heavy atom. The van der Waals surface area contributed by atoms with Crippen LogP contribution in [0.1, 0.15) is 34.1 Å². The lowest BCUT2D eigenvalue weighted by Gasteiger charge is -2.34. The first-order valence-corrected chi connectivity index (χ1v) is 9.99. The summed E-state index contributed by atoms with van der Waals surface area (Å²) < 4.78 is 5.06. The molecule has 2 aromatic rings. The number of piperazine rings is 1. The number of thiophene rings is 1. The first kappa shape index (κ1) is 20.1. The molecular formula is C19H24N4O4S. The van der Waals surface area contributed by atoms with Crippen LogP contribution in [-0.4, -0.2) is 66.3 Å². The molecule has 9 heteroatoms. The van der Waals surface area contributed by atoms with Gasteiger partial charge in [-0.2, -0.15) is 0 Å². The van der Waals surface area contributed by atoms with E-state index in [-0.39, 0.29) is 29.5 Å². The van der Waals surface area contributed by atoms with Gasteiger partial charge in [0.15, 0.2) is 5.76 Å². The monoisotopic (exact) mass is 404 g/mol. The Labute approximate surface area is 167 Å². The van der Waals surface area contributed by atoms with Gasteiger partial charge >= 0.3 is 0 Å². The lowest BCUT2D eigenvalue weighted by atomic mass is 10.3. The predicted octanol–water partition coefficient (Wildman–Crippen LogP) is 1.88. The predicted molar refractivity (Wildman–Crippen MR) is 107 cm³/mol. The molecule has 0 aromatic carbocycles. The molecular weight excluding hydrogens is 380 g/mol. The molecule has 2 aromatic heterocycles. The maximum atomic E-state index is 12.7. The van der Waals surface area contributed by atoms with Crippen LogP contribution in [0.15, 0.2) is 34.9 Å². The molecule has 1 aliphatic rings. The summed E-state index contributed by atoms with van der Waals surface area (Å²) in [5.74, 6) is -0.183. The highest BCUT2D eigenvalue weighted by Crippen LogP contribution is 2.24. The van der Waals surface area contributed by atoms with E-state index in [1.165, 1.54) is 17.6 Å². The minimum atomic E-state index is -0.348. The van der Waals surface area contributed by atoms with Gasteiger partial charge in [0.2, 0.25) is 5.91 Å². The molecule has 3 amide bonds. The minimum absolute atomic E-state index is 0.00461. The van der Waals surface area contributed by atoms with Gasteiger partial charge in [0, 0.05) is 32.2 Å². The van der Waals surface area contributed by atoms with Crippen LogP contribution in [0.5, 0.6) is 0 Å². The molecule has 3 heterocycles. The zero-order valence-electron chi connectivity index (χ0n) is 15.9. The standard InChI is InChI=1S/C19H24N4O4S/c1-13(2)20-16(24)12-22-7-9-23(10-8-22)19(26)15-5-6-17(28-15)21-18(25)14-4-3-11-27-14/h3-6,11,13H,7-10,12H2,1-2H3,(H,20,24)(H,21,25). The molecule has 1 saturated heterocycles. The van der Waals surface area contributed by atoms with E-state index in [1.807, 2.05) is 18.7 Å². The third kappa shape index (κ3) is 5.20. The summed E-state index contributed by atoms with van der Waals surface area (Å²) >= 11 is 1.24. The van der Waals surface area contributed by atoms with Gasteiger partial charge in [-0.25, -0.2) is 0 Å². The number of nitrogens with zero attached hydrogens (tertiary/aromatic N) is 2. The second-order valence-electron chi connectivity index (χ2n) is 6.89. The highest BCUT2D eigenvalue weighted by Gasteiger charge is 2.24. The molecule has 2 N–H and O–H groups in total. The fourth-order valence-corrected chi connectivity index (χ4v) is 3.81. The number of carbonyl (C=O) groups is 3. The molecule has 0 unspecified atom stereocenters. The maximum Gasteiger partial charge on any atom is 0.291 e. The largest absolute Gasteiger partial charge is 0.459 e. The smallest absolute Gasteiger partial charge is 0.291 e. The van der Waals surface area contributed by atoms with Gasteiger partial charge in [-0.15, -0.1) is 11.3 Å². The van der Waals surface area contributed by atoms with Crippen molar-refractivity contribution in [3.8, 4) is 0 Å². The van der Waals surface area contributed by atoms with Crippen molar-refractivity contribution in [3.63, 3.8) is 0 Å². The lowest BCUT2D eigenvalue weighted by molar-refractivity contribution is -0.123. The molecule has 0 bridgehead atoms. The van der Waals surface area contributed by atoms with E-state index in [0.717, 1.165) is 0 Å². The van der Waals surface area contributed by atoms with Crippen molar-refractivity contribution in [1.82, 2.24) is 15.1 Å². The molecule has 8 nitrogen and oxygen atoms in total. The Balaban J connectivity index is 1.49. The molecule has 150 valence electrons. The Hall–Kier alpha value is -2.65. The molecule has 28 heavy (non-hydrogen) atoms. The molecule has 0 saturated carbocycles.